The summed E-state index contributed by atoms with van der Waals surface area (Å²) in [5.74, 6) is -0.0527. The summed E-state index contributed by atoms with van der Waals surface area (Å²) in [7, 11) is 0. The third-order valence-corrected chi connectivity index (χ3v) is 3.35. The molecule has 0 aliphatic rings. The number of rotatable bonds is 3. The second-order valence-corrected chi connectivity index (χ2v) is 4.93. The van der Waals surface area contributed by atoms with Gasteiger partial charge in [-0.2, -0.15) is 10.1 Å². The van der Waals surface area contributed by atoms with Gasteiger partial charge in [-0.15, -0.1) is 10.2 Å². The molecule has 0 bridgehead atoms. The molecule has 2 N–H and O–H groups in total. The van der Waals surface area contributed by atoms with Crippen molar-refractivity contribution in [1.82, 2.24) is 20.2 Å². The summed E-state index contributed by atoms with van der Waals surface area (Å²) in [5, 5.41) is 13.1. The highest BCUT2D eigenvalue weighted by Crippen LogP contribution is 2.21. The summed E-state index contributed by atoms with van der Waals surface area (Å²) >= 11 is 0. The molecule has 112 valence electrons. The normalized spacial score (nSPS) is 11.5. The number of aromatic nitrogens is 4. The molecule has 2 aromatic heterocycles. The topological polar surface area (TPSA) is 78.8 Å². The highest BCUT2D eigenvalue weighted by molar-refractivity contribution is 6.03. The van der Waals surface area contributed by atoms with Crippen LogP contribution in [0.5, 0.6) is 0 Å². The van der Waals surface area contributed by atoms with Crippen molar-refractivity contribution >= 4 is 34.2 Å². The molecule has 0 aliphatic carbocycles. The fraction of sp³-hybridized carbons (Fsp3) is 0. The van der Waals surface area contributed by atoms with Crippen molar-refractivity contribution in [3.8, 4) is 0 Å². The lowest BCUT2D eigenvalue weighted by Crippen LogP contribution is -1.99. The number of H-pyrrole nitrogens is 1. The predicted octanol–water partition coefficient (Wildman–Crippen LogP) is 3.09. The Kier molecular flexibility index (Phi) is 3.16. The van der Waals surface area contributed by atoms with Gasteiger partial charge in [0.1, 0.15) is 11.3 Å². The molecule has 6 nitrogen and oxygen atoms in total. The number of hydrogen-bond acceptors (Lipinski definition) is 5. The Hall–Kier alpha value is -3.35. The molecular formula is C16H11FN6. The molecular weight excluding hydrogens is 295 g/mol. The minimum atomic E-state index is -0.314. The molecule has 0 unspecified atom stereocenters. The number of halogens is 1. The van der Waals surface area contributed by atoms with Crippen LogP contribution in [0.3, 0.4) is 0 Å². The third-order valence-electron chi connectivity index (χ3n) is 3.35. The molecule has 4 rings (SSSR count). The van der Waals surface area contributed by atoms with Gasteiger partial charge in [-0.3, -0.25) is 0 Å². The monoisotopic (exact) mass is 306 g/mol. The van der Waals surface area contributed by atoms with Crippen molar-refractivity contribution in [3.63, 3.8) is 0 Å². The second-order valence-electron chi connectivity index (χ2n) is 4.93. The van der Waals surface area contributed by atoms with E-state index in [-0.39, 0.29) is 11.8 Å². The number of anilines is 1. The number of hydrogen-bond donors (Lipinski definition) is 2. The van der Waals surface area contributed by atoms with E-state index in [4.69, 9.17) is 0 Å². The minimum absolute atomic E-state index is 0.261. The molecule has 2 heterocycles. The van der Waals surface area contributed by atoms with Gasteiger partial charge in [0.15, 0.2) is 5.65 Å². The molecule has 0 amide bonds. The van der Waals surface area contributed by atoms with Gasteiger partial charge in [0.25, 0.3) is 5.95 Å². The average molecular weight is 306 g/mol. The SMILES string of the molecule is Fc1cccc(/C=N\Nc2nnc3c(n2)[nH]c2ccccc23)c1. The molecule has 2 aromatic carbocycles. The van der Waals surface area contributed by atoms with E-state index in [2.05, 4.69) is 30.7 Å². The van der Waals surface area contributed by atoms with Crippen LogP contribution in [0.2, 0.25) is 0 Å². The smallest absolute Gasteiger partial charge is 0.265 e. The quantitative estimate of drug-likeness (QED) is 0.450. The Morgan fingerprint density at radius 1 is 1.09 bits per heavy atom. The molecule has 0 saturated heterocycles. The van der Waals surface area contributed by atoms with Gasteiger partial charge in [-0.25, -0.2) is 9.82 Å². The highest BCUT2D eigenvalue weighted by atomic mass is 19.1. The molecule has 0 aliphatic heterocycles. The molecule has 0 radical (unpaired) electrons. The average Bonchev–Trinajstić information content (AvgIpc) is 2.92. The van der Waals surface area contributed by atoms with E-state index in [1.54, 1.807) is 12.1 Å². The summed E-state index contributed by atoms with van der Waals surface area (Å²) in [6.45, 7) is 0. The van der Waals surface area contributed by atoms with Crippen molar-refractivity contribution < 1.29 is 4.39 Å². The molecule has 4 aromatic rings. The van der Waals surface area contributed by atoms with E-state index >= 15 is 0 Å². The first kappa shape index (κ1) is 13.3. The lowest BCUT2D eigenvalue weighted by Gasteiger charge is -1.97. The largest absolute Gasteiger partial charge is 0.338 e. The van der Waals surface area contributed by atoms with Crippen molar-refractivity contribution in [2.45, 2.75) is 0 Å². The Morgan fingerprint density at radius 2 is 2.00 bits per heavy atom. The Balaban J connectivity index is 1.61. The van der Waals surface area contributed by atoms with Crippen molar-refractivity contribution in [1.29, 1.82) is 0 Å². The minimum Gasteiger partial charge on any atom is -0.338 e. The van der Waals surface area contributed by atoms with Gasteiger partial charge in [0.05, 0.1) is 6.21 Å². The summed E-state index contributed by atoms with van der Waals surface area (Å²) in [5.41, 5.74) is 5.61. The third kappa shape index (κ3) is 2.59. The van der Waals surface area contributed by atoms with Crippen LogP contribution in [-0.4, -0.2) is 26.4 Å². The van der Waals surface area contributed by atoms with Crippen molar-refractivity contribution in [2.75, 3.05) is 5.43 Å². The van der Waals surface area contributed by atoms with Crippen LogP contribution in [0.15, 0.2) is 53.6 Å². The van der Waals surface area contributed by atoms with Crippen LogP contribution in [0.1, 0.15) is 5.56 Å². The summed E-state index contributed by atoms with van der Waals surface area (Å²) in [6.07, 6.45) is 1.49. The van der Waals surface area contributed by atoms with E-state index < -0.39 is 0 Å². The van der Waals surface area contributed by atoms with Crippen LogP contribution in [0, 0.1) is 5.82 Å². The molecule has 0 atom stereocenters. The van der Waals surface area contributed by atoms with E-state index in [0.29, 0.717) is 16.7 Å². The maximum absolute atomic E-state index is 13.1. The van der Waals surface area contributed by atoms with Gasteiger partial charge >= 0.3 is 0 Å². The van der Waals surface area contributed by atoms with Crippen molar-refractivity contribution in [3.05, 3.63) is 59.9 Å². The van der Waals surface area contributed by atoms with E-state index in [9.17, 15) is 4.39 Å². The summed E-state index contributed by atoms with van der Waals surface area (Å²) in [4.78, 5) is 7.51. The standard InChI is InChI=1S/C16H11FN6/c17-11-5-3-4-10(8-11)9-18-22-16-20-15-14(21-23-16)12-6-1-2-7-13(12)19-15/h1-9H,(H2,19,20,22,23)/b18-9-. The molecule has 0 spiro atoms. The van der Waals surface area contributed by atoms with E-state index in [1.807, 2.05) is 24.3 Å². The second kappa shape index (κ2) is 5.45. The maximum Gasteiger partial charge on any atom is 0.265 e. The summed E-state index contributed by atoms with van der Waals surface area (Å²) < 4.78 is 13.1. The zero-order valence-electron chi connectivity index (χ0n) is 11.9. The molecule has 0 fully saturated rings. The van der Waals surface area contributed by atoms with Crippen molar-refractivity contribution in [2.24, 2.45) is 5.10 Å². The number of aromatic amines is 1. The zero-order valence-corrected chi connectivity index (χ0v) is 11.9. The van der Waals surface area contributed by atoms with Crippen LogP contribution >= 0.6 is 0 Å². The number of fused-ring (bicyclic) bond motifs is 3. The number of nitrogens with zero attached hydrogens (tertiary/aromatic N) is 4. The first-order valence-corrected chi connectivity index (χ1v) is 6.95. The molecule has 23 heavy (non-hydrogen) atoms. The fourth-order valence-corrected chi connectivity index (χ4v) is 2.32. The van der Waals surface area contributed by atoms with Gasteiger partial charge in [-0.1, -0.05) is 30.3 Å². The number of nitrogens with one attached hydrogen (secondary N) is 2. The maximum atomic E-state index is 13.1. The number of para-hydroxylation sites is 1. The van der Waals surface area contributed by atoms with E-state index in [1.165, 1.54) is 18.3 Å². The van der Waals surface area contributed by atoms with Gasteiger partial charge < -0.3 is 4.98 Å². The lowest BCUT2D eigenvalue weighted by atomic mass is 10.2. The first-order valence-electron chi connectivity index (χ1n) is 6.95. The molecule has 7 heteroatoms. The fourth-order valence-electron chi connectivity index (χ4n) is 2.32. The molecule has 0 saturated carbocycles. The van der Waals surface area contributed by atoms with E-state index in [0.717, 1.165) is 10.9 Å². The highest BCUT2D eigenvalue weighted by Gasteiger charge is 2.07. The zero-order chi connectivity index (χ0) is 15.6. The van der Waals surface area contributed by atoms with Crippen LogP contribution in [-0.2, 0) is 0 Å². The van der Waals surface area contributed by atoms with Gasteiger partial charge in [-0.05, 0) is 23.8 Å². The number of benzene rings is 2. The van der Waals surface area contributed by atoms with Gasteiger partial charge in [0, 0.05) is 10.9 Å². The Bertz CT molecular complexity index is 1020. The Morgan fingerprint density at radius 3 is 2.91 bits per heavy atom. The van der Waals surface area contributed by atoms with Crippen LogP contribution < -0.4 is 5.43 Å². The van der Waals surface area contributed by atoms with Crippen LogP contribution in [0.25, 0.3) is 22.1 Å². The first-order chi connectivity index (χ1) is 11.3. The predicted molar refractivity (Wildman–Crippen MR) is 86.8 cm³/mol. The van der Waals surface area contributed by atoms with Gasteiger partial charge in [0.2, 0.25) is 0 Å². The number of hydrazone groups is 1. The van der Waals surface area contributed by atoms with Crippen LogP contribution in [0.4, 0.5) is 10.3 Å². The summed E-state index contributed by atoms with van der Waals surface area (Å²) in [6, 6.07) is 13.9. The Labute approximate surface area is 130 Å². The lowest BCUT2D eigenvalue weighted by molar-refractivity contribution is 0.627.